The number of allylic oxidation sites excluding steroid dienone is 2. The van der Waals surface area contributed by atoms with Crippen LogP contribution in [0.25, 0.3) is 10.9 Å². The summed E-state index contributed by atoms with van der Waals surface area (Å²) in [5.74, 6) is -0.879. The van der Waals surface area contributed by atoms with Gasteiger partial charge in [-0.05, 0) is 30.9 Å². The van der Waals surface area contributed by atoms with Gasteiger partial charge in [-0.1, -0.05) is 31.5 Å². The van der Waals surface area contributed by atoms with Crippen molar-refractivity contribution in [3.63, 3.8) is 0 Å². The average Bonchev–Trinajstić information content (AvgIpc) is 2.64. The minimum Gasteiger partial charge on any atom is -0.322 e. The highest BCUT2D eigenvalue weighted by Gasteiger charge is 2.34. The largest absolute Gasteiger partial charge is 0.322 e. The third-order valence-electron chi connectivity index (χ3n) is 4.78. The number of carbonyl (C=O) groups is 2. The lowest BCUT2D eigenvalue weighted by atomic mass is 9.79. The van der Waals surface area contributed by atoms with E-state index in [0.29, 0.717) is 24.3 Å². The first kappa shape index (κ1) is 19.0. The Labute approximate surface area is 157 Å². The van der Waals surface area contributed by atoms with Gasteiger partial charge in [0.05, 0.1) is 17.9 Å². The summed E-state index contributed by atoms with van der Waals surface area (Å²) in [6.07, 6.45) is 1.63. The molecule has 0 aliphatic heterocycles. The molecular weight excluding hydrogens is 344 g/mol. The molecule has 0 radical (unpaired) electrons. The van der Waals surface area contributed by atoms with Gasteiger partial charge in [-0.15, -0.1) is 0 Å². The fourth-order valence-electron chi connectivity index (χ4n) is 3.54. The van der Waals surface area contributed by atoms with Gasteiger partial charge < -0.3 is 4.98 Å². The molecule has 1 aliphatic carbocycles. The minimum absolute atomic E-state index is 0.142. The quantitative estimate of drug-likeness (QED) is 0.465. The van der Waals surface area contributed by atoms with Gasteiger partial charge in [-0.2, -0.15) is 0 Å². The Morgan fingerprint density at radius 2 is 1.85 bits per heavy atom. The van der Waals surface area contributed by atoms with Crippen LogP contribution in [-0.2, 0) is 14.4 Å². The van der Waals surface area contributed by atoms with Gasteiger partial charge in [0.15, 0.2) is 11.6 Å². The lowest BCUT2D eigenvalue weighted by molar-refractivity contribution is -0.124. The van der Waals surface area contributed by atoms with Crippen molar-refractivity contribution in [1.82, 2.24) is 10.5 Å². The molecule has 0 atom stereocenters. The number of nitrogens with one attached hydrogen (secondary N) is 2. The smallest absolute Gasteiger partial charge is 0.251 e. The summed E-state index contributed by atoms with van der Waals surface area (Å²) in [6.45, 7) is 4.23. The molecule has 1 aromatic carbocycles. The number of hydroxylamine groups is 1. The average molecular weight is 368 g/mol. The van der Waals surface area contributed by atoms with Gasteiger partial charge in [0.2, 0.25) is 0 Å². The van der Waals surface area contributed by atoms with Gasteiger partial charge in [0.25, 0.3) is 5.56 Å². The Morgan fingerprint density at radius 1 is 1.15 bits per heavy atom. The number of carbonyl (C=O) groups excluding carboxylic acids is 2. The third kappa shape index (κ3) is 4.01. The van der Waals surface area contributed by atoms with Crippen molar-refractivity contribution >= 4 is 22.5 Å². The lowest BCUT2D eigenvalue weighted by Gasteiger charge is -2.24. The second kappa shape index (κ2) is 8.31. The van der Waals surface area contributed by atoms with Crippen molar-refractivity contribution in [3.8, 4) is 0 Å². The van der Waals surface area contributed by atoms with Crippen LogP contribution in [0.1, 0.15) is 51.0 Å². The number of para-hydroxylation sites is 1. The number of aromatic amines is 1. The van der Waals surface area contributed by atoms with E-state index in [2.05, 4.69) is 10.5 Å². The number of Topliss-reactive ketones (excluding diaryl/α,β-unsaturated/α-hetero) is 2. The predicted molar refractivity (Wildman–Crippen MR) is 103 cm³/mol. The lowest BCUT2D eigenvalue weighted by Crippen LogP contribution is -2.31. The van der Waals surface area contributed by atoms with Gasteiger partial charge in [0.1, 0.15) is 0 Å². The molecule has 142 valence electrons. The van der Waals surface area contributed by atoms with Gasteiger partial charge >= 0.3 is 0 Å². The molecule has 3 rings (SSSR count). The van der Waals surface area contributed by atoms with E-state index in [1.807, 2.05) is 38.1 Å². The van der Waals surface area contributed by atoms with Crippen LogP contribution in [0.3, 0.4) is 0 Å². The molecule has 27 heavy (non-hydrogen) atoms. The number of benzene rings is 1. The summed E-state index contributed by atoms with van der Waals surface area (Å²) >= 11 is 0. The summed E-state index contributed by atoms with van der Waals surface area (Å²) in [7, 11) is 0. The first-order valence-electron chi connectivity index (χ1n) is 9.34. The summed E-state index contributed by atoms with van der Waals surface area (Å²) in [4.78, 5) is 46.0. The second-order valence-electron chi connectivity index (χ2n) is 6.73. The van der Waals surface area contributed by atoms with E-state index in [0.717, 1.165) is 17.3 Å². The SMILES string of the molecule is CCCC(NOCC)=C1C(=O)CC(c2cc3ccccc3[nH]c2=O)CC1=O. The number of ketones is 2. The zero-order valence-corrected chi connectivity index (χ0v) is 15.6. The molecule has 1 aliphatic rings. The normalized spacial score (nSPS) is 17.4. The molecule has 0 unspecified atom stereocenters. The zero-order chi connectivity index (χ0) is 19.4. The molecule has 0 amide bonds. The Kier molecular flexibility index (Phi) is 5.86. The van der Waals surface area contributed by atoms with Crippen molar-refractivity contribution in [2.24, 2.45) is 0 Å². The van der Waals surface area contributed by atoms with Crippen LogP contribution in [0.4, 0.5) is 0 Å². The van der Waals surface area contributed by atoms with E-state index in [1.165, 1.54) is 0 Å². The van der Waals surface area contributed by atoms with Crippen molar-refractivity contribution in [2.45, 2.75) is 45.4 Å². The molecular formula is C21H24N2O4. The van der Waals surface area contributed by atoms with Crippen LogP contribution < -0.4 is 11.0 Å². The molecule has 6 heteroatoms. The van der Waals surface area contributed by atoms with Crippen molar-refractivity contribution in [2.75, 3.05) is 6.61 Å². The molecule has 6 nitrogen and oxygen atoms in total. The van der Waals surface area contributed by atoms with Gasteiger partial charge in [-0.25, -0.2) is 0 Å². The van der Waals surface area contributed by atoms with E-state index in [-0.39, 0.29) is 35.5 Å². The monoisotopic (exact) mass is 368 g/mol. The first-order valence-corrected chi connectivity index (χ1v) is 9.34. The highest BCUT2D eigenvalue weighted by atomic mass is 16.6. The molecule has 1 saturated carbocycles. The number of rotatable bonds is 6. The maximum Gasteiger partial charge on any atom is 0.251 e. The summed E-state index contributed by atoms with van der Waals surface area (Å²) in [5.41, 5.74) is 4.49. The van der Waals surface area contributed by atoms with Crippen LogP contribution >= 0.6 is 0 Å². The molecule has 1 aromatic heterocycles. The molecule has 0 bridgehead atoms. The van der Waals surface area contributed by atoms with E-state index in [9.17, 15) is 14.4 Å². The Balaban J connectivity index is 1.93. The maximum absolute atomic E-state index is 12.8. The van der Waals surface area contributed by atoms with E-state index in [4.69, 9.17) is 4.84 Å². The van der Waals surface area contributed by atoms with Crippen LogP contribution in [0.5, 0.6) is 0 Å². The van der Waals surface area contributed by atoms with Crippen LogP contribution in [0.2, 0.25) is 0 Å². The van der Waals surface area contributed by atoms with Gasteiger partial charge in [0, 0.05) is 29.8 Å². The van der Waals surface area contributed by atoms with E-state index in [1.54, 1.807) is 6.07 Å². The predicted octanol–water partition coefficient (Wildman–Crippen LogP) is 3.14. The highest BCUT2D eigenvalue weighted by molar-refractivity contribution is 6.22. The number of fused-ring (bicyclic) bond motifs is 1. The van der Waals surface area contributed by atoms with E-state index >= 15 is 0 Å². The number of H-pyrrole nitrogens is 1. The van der Waals surface area contributed by atoms with E-state index < -0.39 is 5.92 Å². The Morgan fingerprint density at radius 3 is 2.52 bits per heavy atom. The summed E-state index contributed by atoms with van der Waals surface area (Å²) in [5, 5.41) is 0.887. The molecule has 1 heterocycles. The van der Waals surface area contributed by atoms with Gasteiger partial charge in [-0.3, -0.25) is 24.7 Å². The topological polar surface area (TPSA) is 88.3 Å². The van der Waals surface area contributed by atoms with Crippen LogP contribution in [0.15, 0.2) is 46.4 Å². The number of hydrogen-bond donors (Lipinski definition) is 2. The Bertz CT molecular complexity index is 938. The highest BCUT2D eigenvalue weighted by Crippen LogP contribution is 2.32. The van der Waals surface area contributed by atoms with Crippen molar-refractivity contribution in [1.29, 1.82) is 0 Å². The van der Waals surface area contributed by atoms with Crippen molar-refractivity contribution < 1.29 is 14.4 Å². The Hall–Kier alpha value is -2.73. The molecule has 2 aromatic rings. The molecule has 2 N–H and O–H groups in total. The number of aromatic nitrogens is 1. The second-order valence-corrected chi connectivity index (χ2v) is 6.73. The maximum atomic E-state index is 12.8. The molecule has 0 saturated heterocycles. The summed E-state index contributed by atoms with van der Waals surface area (Å²) < 4.78 is 0. The zero-order valence-electron chi connectivity index (χ0n) is 15.6. The fourth-order valence-corrected chi connectivity index (χ4v) is 3.54. The van der Waals surface area contributed by atoms with Crippen molar-refractivity contribution in [3.05, 3.63) is 57.5 Å². The molecule has 0 spiro atoms. The first-order chi connectivity index (χ1) is 13.0. The fraction of sp³-hybridized carbons (Fsp3) is 0.381. The number of hydrogen-bond acceptors (Lipinski definition) is 5. The van der Waals surface area contributed by atoms with Crippen LogP contribution in [-0.4, -0.2) is 23.2 Å². The number of pyridine rings is 1. The minimum atomic E-state index is -0.405. The summed E-state index contributed by atoms with van der Waals surface area (Å²) in [6, 6.07) is 9.26. The standard InChI is InChI=1S/C21H24N2O4/c1-3-7-17(23-27-4-2)20-18(24)11-14(12-19(20)25)15-10-13-8-5-6-9-16(13)22-21(15)26/h5-6,8-10,14,23H,3-4,7,11-12H2,1-2H3,(H,22,26). The molecule has 1 fully saturated rings. The third-order valence-corrected chi connectivity index (χ3v) is 4.78. The van der Waals surface area contributed by atoms with Crippen LogP contribution in [0, 0.1) is 0 Å².